The molecule has 0 saturated heterocycles. The molecule has 0 aromatic heterocycles. The first-order valence-corrected chi connectivity index (χ1v) is 5.14. The van der Waals surface area contributed by atoms with Crippen LogP contribution >= 0.6 is 0 Å². The molecule has 0 aromatic carbocycles. The van der Waals surface area contributed by atoms with Crippen molar-refractivity contribution in [1.82, 2.24) is 0 Å². The molecule has 0 rings (SSSR count). The van der Waals surface area contributed by atoms with Gasteiger partial charge >= 0.3 is 5.97 Å². The molecular weight excluding hydrogens is 192 g/mol. The summed E-state index contributed by atoms with van der Waals surface area (Å²) in [6.07, 6.45) is 5.23. The number of hydrogen-bond acceptors (Lipinski definition) is 3. The lowest BCUT2D eigenvalue weighted by Gasteiger charge is -2.26. The van der Waals surface area contributed by atoms with Gasteiger partial charge in [-0.25, -0.2) is 0 Å². The quantitative estimate of drug-likeness (QED) is 0.352. The molecule has 0 heterocycles. The molecule has 0 fully saturated rings. The first-order chi connectivity index (χ1) is 7.10. The topological polar surface area (TPSA) is 35.5 Å². The van der Waals surface area contributed by atoms with E-state index >= 15 is 0 Å². The summed E-state index contributed by atoms with van der Waals surface area (Å²) in [5, 5.41) is 0. The van der Waals surface area contributed by atoms with Gasteiger partial charge in [-0.3, -0.25) is 4.79 Å². The largest absolute Gasteiger partial charge is 0.462 e. The van der Waals surface area contributed by atoms with Crippen molar-refractivity contribution in [3.63, 3.8) is 0 Å². The van der Waals surface area contributed by atoms with E-state index in [-0.39, 0.29) is 12.6 Å². The Bertz CT molecular complexity index is 213. The van der Waals surface area contributed by atoms with Crippen LogP contribution in [-0.2, 0) is 14.3 Å². The maximum Gasteiger partial charge on any atom is 0.302 e. The number of unbranched alkanes of at least 4 members (excludes halogenated alkanes) is 1. The molecular formula is C12H20O3. The van der Waals surface area contributed by atoms with Crippen LogP contribution in [0.15, 0.2) is 25.3 Å². The lowest BCUT2D eigenvalue weighted by atomic mass is 10.1. The van der Waals surface area contributed by atoms with Gasteiger partial charge in [0.2, 0.25) is 0 Å². The highest BCUT2D eigenvalue weighted by atomic mass is 16.6. The van der Waals surface area contributed by atoms with E-state index in [2.05, 4.69) is 20.1 Å². The number of esters is 1. The van der Waals surface area contributed by atoms with E-state index in [4.69, 9.17) is 9.47 Å². The van der Waals surface area contributed by atoms with Crippen molar-refractivity contribution < 1.29 is 14.3 Å². The molecule has 0 radical (unpaired) electrons. The van der Waals surface area contributed by atoms with E-state index in [0.29, 0.717) is 6.61 Å². The summed E-state index contributed by atoms with van der Waals surface area (Å²) in [6, 6.07) is 0. The monoisotopic (exact) mass is 212 g/mol. The van der Waals surface area contributed by atoms with Crippen molar-refractivity contribution in [2.75, 3.05) is 13.2 Å². The van der Waals surface area contributed by atoms with Gasteiger partial charge in [-0.1, -0.05) is 38.7 Å². The normalized spacial score (nSPS) is 10.8. The molecule has 0 saturated carbocycles. The smallest absolute Gasteiger partial charge is 0.302 e. The second-order valence-electron chi connectivity index (χ2n) is 3.35. The van der Waals surface area contributed by atoms with E-state index in [0.717, 1.165) is 12.8 Å². The molecule has 15 heavy (non-hydrogen) atoms. The minimum absolute atomic E-state index is 0.138. The van der Waals surface area contributed by atoms with E-state index in [1.807, 2.05) is 0 Å². The second kappa shape index (κ2) is 7.23. The van der Waals surface area contributed by atoms with Crippen LogP contribution in [0, 0.1) is 0 Å². The fourth-order valence-corrected chi connectivity index (χ4v) is 0.982. The maximum absolute atomic E-state index is 10.7. The summed E-state index contributed by atoms with van der Waals surface area (Å²) >= 11 is 0. The minimum atomic E-state index is -0.749. The van der Waals surface area contributed by atoms with Gasteiger partial charge in [0, 0.05) is 13.5 Å². The zero-order valence-corrected chi connectivity index (χ0v) is 9.62. The Morgan fingerprint density at radius 3 is 2.40 bits per heavy atom. The summed E-state index contributed by atoms with van der Waals surface area (Å²) in [7, 11) is 0. The Labute approximate surface area is 91.8 Å². The van der Waals surface area contributed by atoms with Crippen molar-refractivity contribution in [2.24, 2.45) is 0 Å². The van der Waals surface area contributed by atoms with Crippen molar-refractivity contribution in [3.05, 3.63) is 25.3 Å². The Kier molecular flexibility index (Phi) is 6.71. The van der Waals surface area contributed by atoms with Crippen molar-refractivity contribution in [2.45, 2.75) is 32.3 Å². The van der Waals surface area contributed by atoms with E-state index < -0.39 is 5.60 Å². The van der Waals surface area contributed by atoms with Gasteiger partial charge in [-0.05, 0) is 6.42 Å². The van der Waals surface area contributed by atoms with Crippen LogP contribution in [0.2, 0.25) is 0 Å². The summed E-state index contributed by atoms with van der Waals surface area (Å²) < 4.78 is 10.5. The molecule has 0 aliphatic rings. The lowest BCUT2D eigenvalue weighted by Crippen LogP contribution is -2.34. The maximum atomic E-state index is 10.7. The first-order valence-electron chi connectivity index (χ1n) is 5.14. The summed E-state index contributed by atoms with van der Waals surface area (Å²) in [4.78, 5) is 10.7. The standard InChI is InChI=1S/C12H20O3/c1-5-8-9-15-12(6-2,7-3)10-14-11(4)13/h6-7H,2-3,5,8-10H2,1,4H3. The first kappa shape index (κ1) is 13.9. The molecule has 0 atom stereocenters. The zero-order valence-electron chi connectivity index (χ0n) is 9.62. The molecule has 0 spiro atoms. The van der Waals surface area contributed by atoms with Gasteiger partial charge in [0.15, 0.2) is 0 Å². The van der Waals surface area contributed by atoms with Crippen LogP contribution in [0.4, 0.5) is 0 Å². The lowest BCUT2D eigenvalue weighted by molar-refractivity contribution is -0.146. The van der Waals surface area contributed by atoms with Crippen LogP contribution in [0.1, 0.15) is 26.7 Å². The van der Waals surface area contributed by atoms with Gasteiger partial charge in [0.25, 0.3) is 0 Å². The minimum Gasteiger partial charge on any atom is -0.462 e. The van der Waals surface area contributed by atoms with Gasteiger partial charge < -0.3 is 9.47 Å². The SMILES string of the molecule is C=CC(C=C)(COC(C)=O)OCCCC. The van der Waals surface area contributed by atoms with E-state index in [1.54, 1.807) is 12.2 Å². The Morgan fingerprint density at radius 1 is 1.40 bits per heavy atom. The highest BCUT2D eigenvalue weighted by Gasteiger charge is 2.24. The molecule has 0 amide bonds. The second-order valence-corrected chi connectivity index (χ2v) is 3.35. The zero-order chi connectivity index (χ0) is 11.7. The van der Waals surface area contributed by atoms with Crippen LogP contribution in [-0.4, -0.2) is 24.8 Å². The number of hydrogen-bond donors (Lipinski definition) is 0. The third-order valence-corrected chi connectivity index (χ3v) is 2.06. The fraction of sp³-hybridized carbons (Fsp3) is 0.583. The average molecular weight is 212 g/mol. The molecule has 0 N–H and O–H groups in total. The molecule has 0 aliphatic carbocycles. The number of carbonyl (C=O) groups excluding carboxylic acids is 1. The molecule has 3 heteroatoms. The van der Waals surface area contributed by atoms with Crippen LogP contribution in [0.25, 0.3) is 0 Å². The fourth-order valence-electron chi connectivity index (χ4n) is 0.982. The van der Waals surface area contributed by atoms with Crippen molar-refractivity contribution in [1.29, 1.82) is 0 Å². The molecule has 0 unspecified atom stereocenters. The highest BCUT2D eigenvalue weighted by molar-refractivity contribution is 5.66. The van der Waals surface area contributed by atoms with E-state index in [1.165, 1.54) is 6.92 Å². The van der Waals surface area contributed by atoms with Crippen molar-refractivity contribution in [3.8, 4) is 0 Å². The predicted octanol–water partition coefficient (Wildman–Crippen LogP) is 2.48. The molecule has 0 aromatic rings. The molecule has 86 valence electrons. The number of ether oxygens (including phenoxy) is 2. The van der Waals surface area contributed by atoms with Gasteiger partial charge in [0.05, 0.1) is 0 Å². The van der Waals surface area contributed by atoms with E-state index in [9.17, 15) is 4.79 Å². The third-order valence-electron chi connectivity index (χ3n) is 2.06. The van der Waals surface area contributed by atoms with Gasteiger partial charge in [0.1, 0.15) is 12.2 Å². The summed E-state index contributed by atoms with van der Waals surface area (Å²) in [6.45, 7) is 11.5. The molecule has 0 bridgehead atoms. The average Bonchev–Trinajstić information content (AvgIpc) is 2.23. The Morgan fingerprint density at radius 2 is 2.00 bits per heavy atom. The Hall–Kier alpha value is -1.09. The van der Waals surface area contributed by atoms with Crippen LogP contribution in [0.3, 0.4) is 0 Å². The highest BCUT2D eigenvalue weighted by Crippen LogP contribution is 2.15. The van der Waals surface area contributed by atoms with Crippen molar-refractivity contribution >= 4 is 5.97 Å². The van der Waals surface area contributed by atoms with Gasteiger partial charge in [-0.15, -0.1) is 0 Å². The van der Waals surface area contributed by atoms with Crippen LogP contribution < -0.4 is 0 Å². The Balaban J connectivity index is 4.23. The number of rotatable bonds is 8. The third kappa shape index (κ3) is 5.37. The van der Waals surface area contributed by atoms with Crippen LogP contribution in [0.5, 0.6) is 0 Å². The predicted molar refractivity (Wildman–Crippen MR) is 60.6 cm³/mol. The molecule has 3 nitrogen and oxygen atoms in total. The summed E-state index contributed by atoms with van der Waals surface area (Å²) in [5.41, 5.74) is -0.749. The number of carbonyl (C=O) groups is 1. The molecule has 0 aliphatic heterocycles. The summed E-state index contributed by atoms with van der Waals surface area (Å²) in [5.74, 6) is -0.331. The van der Waals surface area contributed by atoms with Gasteiger partial charge in [-0.2, -0.15) is 0 Å².